The molecule has 5 heteroatoms. The topological polar surface area (TPSA) is 56.7 Å². The summed E-state index contributed by atoms with van der Waals surface area (Å²) in [5, 5.41) is 6.32. The molecule has 0 spiro atoms. The van der Waals surface area contributed by atoms with Crippen molar-refractivity contribution in [3.8, 4) is 0 Å². The largest absolute Gasteiger partial charge is 0.356 e. The lowest BCUT2D eigenvalue weighted by molar-refractivity contribution is -0.114. The molecule has 136 valence electrons. The van der Waals surface area contributed by atoms with E-state index in [9.17, 15) is 4.79 Å². The van der Waals surface area contributed by atoms with E-state index in [1.807, 2.05) is 19.2 Å². The minimum Gasteiger partial charge on any atom is -0.356 e. The van der Waals surface area contributed by atoms with Crippen LogP contribution in [0.2, 0.25) is 0 Å². The van der Waals surface area contributed by atoms with E-state index in [-0.39, 0.29) is 5.91 Å². The van der Waals surface area contributed by atoms with Gasteiger partial charge in [0.2, 0.25) is 5.91 Å². The van der Waals surface area contributed by atoms with Gasteiger partial charge in [-0.3, -0.25) is 9.79 Å². The Morgan fingerprint density at radius 3 is 2.36 bits per heavy atom. The van der Waals surface area contributed by atoms with Crippen molar-refractivity contribution in [1.82, 2.24) is 10.2 Å². The highest BCUT2D eigenvalue weighted by Crippen LogP contribution is 2.35. The fourth-order valence-electron chi connectivity index (χ4n) is 4.19. The quantitative estimate of drug-likeness (QED) is 0.653. The van der Waals surface area contributed by atoms with Crippen LogP contribution in [-0.4, -0.2) is 43.4 Å². The van der Waals surface area contributed by atoms with Gasteiger partial charge in [-0.15, -0.1) is 0 Å². The molecule has 1 amide bonds. The van der Waals surface area contributed by atoms with Gasteiger partial charge in [-0.25, -0.2) is 0 Å². The third-order valence-corrected chi connectivity index (χ3v) is 5.46. The number of likely N-dealkylation sites (tertiary alicyclic amines) is 1. The standard InChI is InChI=1S/C20H30N4O/c1-15(25)23-19-9-7-16(8-10-19)11-12-22-20(21-2)24-13-17-5-3-4-6-18(17)14-24/h7-10,17-18H,3-6,11-14H2,1-2H3,(H,21,22)(H,23,25). The third-order valence-electron chi connectivity index (χ3n) is 5.46. The average Bonchev–Trinajstić information content (AvgIpc) is 3.03. The molecule has 5 nitrogen and oxygen atoms in total. The molecule has 0 radical (unpaired) electrons. The number of carbonyl (C=O) groups is 1. The number of anilines is 1. The molecule has 2 atom stereocenters. The van der Waals surface area contributed by atoms with E-state index in [1.54, 1.807) is 0 Å². The predicted molar refractivity (Wildman–Crippen MR) is 103 cm³/mol. The van der Waals surface area contributed by atoms with Gasteiger partial charge in [0.15, 0.2) is 5.96 Å². The minimum absolute atomic E-state index is 0.0376. The zero-order chi connectivity index (χ0) is 17.6. The van der Waals surface area contributed by atoms with Gasteiger partial charge < -0.3 is 15.5 Å². The Morgan fingerprint density at radius 2 is 1.80 bits per heavy atom. The summed E-state index contributed by atoms with van der Waals surface area (Å²) in [6.07, 6.45) is 6.52. The van der Waals surface area contributed by atoms with E-state index < -0.39 is 0 Å². The number of hydrogen-bond donors (Lipinski definition) is 2. The molecule has 1 aliphatic heterocycles. The molecule has 2 unspecified atom stereocenters. The molecular weight excluding hydrogens is 312 g/mol. The molecular formula is C20H30N4O. The molecule has 1 aliphatic carbocycles. The fourth-order valence-corrected chi connectivity index (χ4v) is 4.19. The van der Waals surface area contributed by atoms with Crippen molar-refractivity contribution in [2.24, 2.45) is 16.8 Å². The number of hydrogen-bond acceptors (Lipinski definition) is 2. The second-order valence-corrected chi connectivity index (χ2v) is 7.31. The number of nitrogens with one attached hydrogen (secondary N) is 2. The molecule has 3 rings (SSSR count). The average molecular weight is 342 g/mol. The van der Waals surface area contributed by atoms with E-state index in [2.05, 4.69) is 32.7 Å². The molecule has 1 saturated heterocycles. The summed E-state index contributed by atoms with van der Waals surface area (Å²) in [4.78, 5) is 18.0. The van der Waals surface area contributed by atoms with Gasteiger partial charge in [0, 0.05) is 39.3 Å². The van der Waals surface area contributed by atoms with E-state index in [4.69, 9.17) is 0 Å². The lowest BCUT2D eigenvalue weighted by atomic mass is 9.82. The molecule has 1 heterocycles. The Bertz CT molecular complexity index is 597. The lowest BCUT2D eigenvalue weighted by Gasteiger charge is -2.22. The Balaban J connectivity index is 1.46. The lowest BCUT2D eigenvalue weighted by Crippen LogP contribution is -2.41. The van der Waals surface area contributed by atoms with Crippen LogP contribution in [0.5, 0.6) is 0 Å². The highest BCUT2D eigenvalue weighted by Gasteiger charge is 2.35. The summed E-state index contributed by atoms with van der Waals surface area (Å²) < 4.78 is 0. The molecule has 1 aromatic rings. The molecule has 2 fully saturated rings. The molecule has 25 heavy (non-hydrogen) atoms. The highest BCUT2D eigenvalue weighted by atomic mass is 16.1. The van der Waals surface area contributed by atoms with Crippen LogP contribution in [-0.2, 0) is 11.2 Å². The van der Waals surface area contributed by atoms with Gasteiger partial charge in [0.25, 0.3) is 0 Å². The monoisotopic (exact) mass is 342 g/mol. The summed E-state index contributed by atoms with van der Waals surface area (Å²) in [5.74, 6) is 2.75. The van der Waals surface area contributed by atoms with Crippen LogP contribution in [0.1, 0.15) is 38.2 Å². The number of fused-ring (bicyclic) bond motifs is 1. The van der Waals surface area contributed by atoms with E-state index in [1.165, 1.54) is 38.2 Å². The molecule has 1 saturated carbocycles. The van der Waals surface area contributed by atoms with Crippen molar-refractivity contribution in [2.75, 3.05) is 32.0 Å². The maximum atomic E-state index is 11.1. The first-order valence-corrected chi connectivity index (χ1v) is 9.48. The number of carbonyl (C=O) groups excluding carboxylic acids is 1. The van der Waals surface area contributed by atoms with Crippen LogP contribution in [0.25, 0.3) is 0 Å². The van der Waals surface area contributed by atoms with Crippen LogP contribution < -0.4 is 10.6 Å². The van der Waals surface area contributed by atoms with E-state index >= 15 is 0 Å². The van der Waals surface area contributed by atoms with Crippen molar-refractivity contribution in [3.63, 3.8) is 0 Å². The first kappa shape index (κ1) is 17.8. The summed E-state index contributed by atoms with van der Waals surface area (Å²) in [6.45, 7) is 4.72. The Morgan fingerprint density at radius 1 is 1.16 bits per heavy atom. The summed E-state index contributed by atoms with van der Waals surface area (Å²) in [7, 11) is 1.88. The van der Waals surface area contributed by atoms with Gasteiger partial charge in [-0.2, -0.15) is 0 Å². The van der Waals surface area contributed by atoms with Crippen molar-refractivity contribution in [1.29, 1.82) is 0 Å². The number of amides is 1. The second kappa shape index (κ2) is 8.37. The fraction of sp³-hybridized carbons (Fsp3) is 0.600. The predicted octanol–water partition coefficient (Wildman–Crippen LogP) is 2.88. The SMILES string of the molecule is CN=C(NCCc1ccc(NC(C)=O)cc1)N1CC2CCCCC2C1. The first-order chi connectivity index (χ1) is 12.2. The van der Waals surface area contributed by atoms with Crippen LogP contribution in [0.15, 0.2) is 29.3 Å². The summed E-state index contributed by atoms with van der Waals surface area (Å²) >= 11 is 0. The zero-order valence-corrected chi connectivity index (χ0v) is 15.4. The van der Waals surface area contributed by atoms with Crippen molar-refractivity contribution < 1.29 is 4.79 Å². The maximum Gasteiger partial charge on any atom is 0.221 e. The molecule has 2 aliphatic rings. The van der Waals surface area contributed by atoms with E-state index in [0.717, 1.165) is 49.5 Å². The third kappa shape index (κ3) is 4.74. The van der Waals surface area contributed by atoms with E-state index in [0.29, 0.717) is 0 Å². The molecule has 1 aromatic carbocycles. The van der Waals surface area contributed by atoms with Crippen LogP contribution in [0.4, 0.5) is 5.69 Å². The molecule has 0 bridgehead atoms. The second-order valence-electron chi connectivity index (χ2n) is 7.31. The van der Waals surface area contributed by atoms with Gasteiger partial charge in [-0.1, -0.05) is 25.0 Å². The van der Waals surface area contributed by atoms with Crippen molar-refractivity contribution in [2.45, 2.75) is 39.0 Å². The van der Waals surface area contributed by atoms with Gasteiger partial charge in [-0.05, 0) is 48.8 Å². The zero-order valence-electron chi connectivity index (χ0n) is 15.4. The van der Waals surface area contributed by atoms with Crippen LogP contribution >= 0.6 is 0 Å². The van der Waals surface area contributed by atoms with Crippen molar-refractivity contribution in [3.05, 3.63) is 29.8 Å². The van der Waals surface area contributed by atoms with Gasteiger partial charge >= 0.3 is 0 Å². The number of aliphatic imine (C=N–C) groups is 1. The number of guanidine groups is 1. The Kier molecular flexibility index (Phi) is 5.95. The van der Waals surface area contributed by atoms with Crippen LogP contribution in [0, 0.1) is 11.8 Å². The minimum atomic E-state index is -0.0376. The Hall–Kier alpha value is -2.04. The molecule has 2 N–H and O–H groups in total. The highest BCUT2D eigenvalue weighted by molar-refractivity contribution is 5.88. The Labute approximate surface area is 150 Å². The smallest absolute Gasteiger partial charge is 0.221 e. The first-order valence-electron chi connectivity index (χ1n) is 9.48. The summed E-state index contributed by atoms with van der Waals surface area (Å²) in [5.41, 5.74) is 2.10. The van der Waals surface area contributed by atoms with Gasteiger partial charge in [0.1, 0.15) is 0 Å². The summed E-state index contributed by atoms with van der Waals surface area (Å²) in [6, 6.07) is 8.05. The van der Waals surface area contributed by atoms with Crippen LogP contribution in [0.3, 0.4) is 0 Å². The molecule has 0 aromatic heterocycles. The normalized spacial score (nSPS) is 23.3. The number of rotatable bonds is 4. The van der Waals surface area contributed by atoms with Gasteiger partial charge in [0.05, 0.1) is 0 Å². The number of nitrogens with zero attached hydrogens (tertiary/aromatic N) is 2. The maximum absolute atomic E-state index is 11.1. The number of benzene rings is 1. The van der Waals surface area contributed by atoms with Crippen molar-refractivity contribution >= 4 is 17.6 Å².